The van der Waals surface area contributed by atoms with Crippen LogP contribution in [0, 0.1) is 0 Å². The summed E-state index contributed by atoms with van der Waals surface area (Å²) in [6, 6.07) is 3.45. The van der Waals surface area contributed by atoms with Gasteiger partial charge in [-0.15, -0.1) is 0 Å². The van der Waals surface area contributed by atoms with Gasteiger partial charge in [0, 0.05) is 31.8 Å². The van der Waals surface area contributed by atoms with Crippen LogP contribution < -0.4 is 10.5 Å². The molecule has 1 aromatic rings. The van der Waals surface area contributed by atoms with Crippen molar-refractivity contribution in [3.63, 3.8) is 0 Å². The number of hydrogen-bond acceptors (Lipinski definition) is 2. The fourth-order valence-electron chi connectivity index (χ4n) is 1.46. The van der Waals surface area contributed by atoms with Gasteiger partial charge in [-0.1, -0.05) is 0 Å². The van der Waals surface area contributed by atoms with Crippen LogP contribution in [-0.4, -0.2) is 18.6 Å². The topological polar surface area (TPSA) is 36.1 Å². The summed E-state index contributed by atoms with van der Waals surface area (Å²) in [6.45, 7) is 1.01. The average molecular weight is 150 g/mol. The zero-order valence-electron chi connectivity index (χ0n) is 6.42. The molecule has 58 valence electrons. The zero-order chi connectivity index (χ0) is 7.84. The second-order valence-corrected chi connectivity index (χ2v) is 2.86. The number of rotatable bonds is 0. The summed E-state index contributed by atoms with van der Waals surface area (Å²) in [5.74, 6) is 0. The van der Waals surface area contributed by atoms with E-state index in [2.05, 4.69) is 9.88 Å². The molecule has 2 heterocycles. The smallest absolute Gasteiger partial charge is 0.248 e. The molecular formula is C8H10N2O. The van der Waals surface area contributed by atoms with Gasteiger partial charge in [0.15, 0.2) is 0 Å². The van der Waals surface area contributed by atoms with Gasteiger partial charge in [0.05, 0.1) is 5.69 Å². The minimum absolute atomic E-state index is 0.000880. The Hall–Kier alpha value is -1.25. The number of nitrogens with one attached hydrogen (secondary N) is 1. The number of hydrogen-bond donors (Lipinski definition) is 1. The van der Waals surface area contributed by atoms with Crippen LogP contribution in [0.25, 0.3) is 0 Å². The van der Waals surface area contributed by atoms with Crippen molar-refractivity contribution in [3.05, 3.63) is 28.2 Å². The molecule has 11 heavy (non-hydrogen) atoms. The van der Waals surface area contributed by atoms with E-state index in [1.807, 2.05) is 13.1 Å². The third-order valence-corrected chi connectivity index (χ3v) is 2.08. The van der Waals surface area contributed by atoms with Crippen LogP contribution in [0.5, 0.6) is 0 Å². The van der Waals surface area contributed by atoms with E-state index in [1.54, 1.807) is 6.07 Å². The molecule has 0 amide bonds. The van der Waals surface area contributed by atoms with Crippen LogP contribution in [0.3, 0.4) is 0 Å². The minimum atomic E-state index is -0.000880. The first kappa shape index (κ1) is 6.46. The molecule has 0 aliphatic carbocycles. The third-order valence-electron chi connectivity index (χ3n) is 2.08. The molecular weight excluding hydrogens is 140 g/mol. The first-order chi connectivity index (χ1) is 5.27. The number of anilines is 1. The Balaban J connectivity index is 2.59. The summed E-state index contributed by atoms with van der Waals surface area (Å²) in [5.41, 5.74) is 2.23. The highest BCUT2D eigenvalue weighted by molar-refractivity contribution is 5.53. The zero-order valence-corrected chi connectivity index (χ0v) is 6.42. The summed E-state index contributed by atoms with van der Waals surface area (Å²) >= 11 is 0. The van der Waals surface area contributed by atoms with Gasteiger partial charge in [0.25, 0.3) is 0 Å². The lowest BCUT2D eigenvalue weighted by atomic mass is 10.3. The van der Waals surface area contributed by atoms with E-state index >= 15 is 0 Å². The largest absolute Gasteiger partial charge is 0.373 e. The van der Waals surface area contributed by atoms with Crippen molar-refractivity contribution in [2.45, 2.75) is 6.42 Å². The van der Waals surface area contributed by atoms with Crippen LogP contribution in [0.4, 0.5) is 5.69 Å². The van der Waals surface area contributed by atoms with E-state index in [0.29, 0.717) is 0 Å². The van der Waals surface area contributed by atoms with E-state index in [4.69, 9.17) is 0 Å². The van der Waals surface area contributed by atoms with Gasteiger partial charge in [-0.3, -0.25) is 4.79 Å². The number of pyridine rings is 1. The standard InChI is InChI=1S/C8H10N2O/c1-10-5-4-6-7(10)2-3-8(11)9-6/h2-3H,4-5H2,1H3,(H,9,11). The molecule has 0 saturated carbocycles. The lowest BCUT2D eigenvalue weighted by molar-refractivity contribution is 0.941. The van der Waals surface area contributed by atoms with Crippen molar-refractivity contribution >= 4 is 5.69 Å². The highest BCUT2D eigenvalue weighted by Gasteiger charge is 2.14. The number of H-pyrrole nitrogens is 1. The Morgan fingerprint density at radius 3 is 3.18 bits per heavy atom. The number of likely N-dealkylation sites (N-methyl/N-ethyl adjacent to an activating group) is 1. The van der Waals surface area contributed by atoms with Gasteiger partial charge in [-0.05, 0) is 6.07 Å². The van der Waals surface area contributed by atoms with E-state index in [1.165, 1.54) is 0 Å². The number of aromatic nitrogens is 1. The first-order valence-corrected chi connectivity index (χ1v) is 3.71. The summed E-state index contributed by atoms with van der Waals surface area (Å²) in [4.78, 5) is 15.8. The Labute approximate surface area is 64.7 Å². The molecule has 0 unspecified atom stereocenters. The minimum Gasteiger partial charge on any atom is -0.373 e. The predicted molar refractivity (Wildman–Crippen MR) is 44.0 cm³/mol. The quantitative estimate of drug-likeness (QED) is 0.580. The highest BCUT2D eigenvalue weighted by Crippen LogP contribution is 2.21. The molecule has 2 rings (SSSR count). The molecule has 0 bridgehead atoms. The molecule has 1 aromatic heterocycles. The van der Waals surface area contributed by atoms with Crippen molar-refractivity contribution in [1.82, 2.24) is 4.98 Å². The number of fused-ring (bicyclic) bond motifs is 1. The molecule has 1 N–H and O–H groups in total. The van der Waals surface area contributed by atoms with Crippen molar-refractivity contribution in [1.29, 1.82) is 0 Å². The molecule has 1 aliphatic rings. The lowest BCUT2D eigenvalue weighted by Gasteiger charge is -2.09. The second-order valence-electron chi connectivity index (χ2n) is 2.86. The molecule has 3 nitrogen and oxygen atoms in total. The summed E-state index contributed by atoms with van der Waals surface area (Å²) in [5, 5.41) is 0. The summed E-state index contributed by atoms with van der Waals surface area (Å²) in [7, 11) is 2.03. The van der Waals surface area contributed by atoms with Crippen LogP contribution in [0.1, 0.15) is 5.69 Å². The fourth-order valence-corrected chi connectivity index (χ4v) is 1.46. The molecule has 3 heteroatoms. The molecule has 0 radical (unpaired) electrons. The van der Waals surface area contributed by atoms with E-state index in [0.717, 1.165) is 24.3 Å². The Morgan fingerprint density at radius 2 is 2.36 bits per heavy atom. The molecule has 0 atom stereocenters. The van der Waals surface area contributed by atoms with E-state index < -0.39 is 0 Å². The van der Waals surface area contributed by atoms with Gasteiger partial charge >= 0.3 is 0 Å². The van der Waals surface area contributed by atoms with Crippen LogP contribution >= 0.6 is 0 Å². The maximum absolute atomic E-state index is 10.9. The first-order valence-electron chi connectivity index (χ1n) is 3.71. The Kier molecular flexibility index (Phi) is 1.24. The maximum atomic E-state index is 10.9. The number of aromatic amines is 1. The molecule has 0 aromatic carbocycles. The van der Waals surface area contributed by atoms with Gasteiger partial charge in [0.2, 0.25) is 5.56 Å². The highest BCUT2D eigenvalue weighted by atomic mass is 16.1. The molecule has 0 fully saturated rings. The van der Waals surface area contributed by atoms with Gasteiger partial charge in [-0.2, -0.15) is 0 Å². The van der Waals surface area contributed by atoms with Crippen LogP contribution in [-0.2, 0) is 6.42 Å². The SMILES string of the molecule is CN1CCc2[nH]c(=O)ccc21. The Morgan fingerprint density at radius 1 is 1.55 bits per heavy atom. The third kappa shape index (κ3) is 0.926. The molecule has 0 spiro atoms. The lowest BCUT2D eigenvalue weighted by Crippen LogP contribution is -2.12. The van der Waals surface area contributed by atoms with Crippen molar-refractivity contribution in [2.75, 3.05) is 18.5 Å². The van der Waals surface area contributed by atoms with Crippen molar-refractivity contribution in [3.8, 4) is 0 Å². The van der Waals surface area contributed by atoms with Gasteiger partial charge < -0.3 is 9.88 Å². The fraction of sp³-hybridized carbons (Fsp3) is 0.375. The normalized spacial score (nSPS) is 15.2. The summed E-state index contributed by atoms with van der Waals surface area (Å²) < 4.78 is 0. The van der Waals surface area contributed by atoms with Gasteiger partial charge in [-0.25, -0.2) is 0 Å². The van der Waals surface area contributed by atoms with Gasteiger partial charge in [0.1, 0.15) is 0 Å². The Bertz CT molecular complexity index is 329. The van der Waals surface area contributed by atoms with Crippen LogP contribution in [0.15, 0.2) is 16.9 Å². The second kappa shape index (κ2) is 2.12. The molecule has 1 aliphatic heterocycles. The molecule has 0 saturated heterocycles. The summed E-state index contributed by atoms with van der Waals surface area (Å²) in [6.07, 6.45) is 0.960. The van der Waals surface area contributed by atoms with Crippen LogP contribution in [0.2, 0.25) is 0 Å². The predicted octanol–water partition coefficient (Wildman–Crippen LogP) is 0.367. The number of nitrogens with zero attached hydrogens (tertiary/aromatic N) is 1. The monoisotopic (exact) mass is 150 g/mol. The van der Waals surface area contributed by atoms with Crippen molar-refractivity contribution < 1.29 is 0 Å². The van der Waals surface area contributed by atoms with Crippen molar-refractivity contribution in [2.24, 2.45) is 0 Å². The van der Waals surface area contributed by atoms with E-state index in [-0.39, 0.29) is 5.56 Å². The average Bonchev–Trinajstić information content (AvgIpc) is 2.32. The maximum Gasteiger partial charge on any atom is 0.248 e. The van der Waals surface area contributed by atoms with E-state index in [9.17, 15) is 4.79 Å².